The van der Waals surface area contributed by atoms with Crippen molar-refractivity contribution >= 4 is 11.8 Å². The molecule has 7 heteroatoms. The number of carbonyl (C=O) groups excluding carboxylic acids is 2. The van der Waals surface area contributed by atoms with Crippen LogP contribution in [0.15, 0.2) is 48.8 Å². The van der Waals surface area contributed by atoms with Gasteiger partial charge >= 0.3 is 0 Å². The molecule has 1 aromatic carbocycles. The molecule has 4 rings (SSSR count). The normalized spacial score (nSPS) is 26.0. The van der Waals surface area contributed by atoms with E-state index in [1.54, 1.807) is 30.6 Å². The lowest BCUT2D eigenvalue weighted by atomic mass is 9.83. The van der Waals surface area contributed by atoms with Crippen molar-refractivity contribution in [2.75, 3.05) is 6.61 Å². The van der Waals surface area contributed by atoms with Crippen LogP contribution in [0.3, 0.4) is 0 Å². The van der Waals surface area contributed by atoms with Crippen molar-refractivity contribution in [2.24, 2.45) is 5.92 Å². The second kappa shape index (κ2) is 8.52. The molecule has 2 aromatic rings. The summed E-state index contributed by atoms with van der Waals surface area (Å²) in [6, 6.07) is 8.75. The van der Waals surface area contributed by atoms with Crippen molar-refractivity contribution in [2.45, 2.75) is 50.9 Å². The molecule has 2 amide bonds. The van der Waals surface area contributed by atoms with Crippen molar-refractivity contribution in [3.05, 3.63) is 65.7 Å². The van der Waals surface area contributed by atoms with Crippen LogP contribution in [-0.2, 0) is 16.1 Å². The zero-order chi connectivity index (χ0) is 21.1. The molecule has 1 N–H and O–H groups in total. The van der Waals surface area contributed by atoms with E-state index in [1.165, 1.54) is 17.0 Å². The molecule has 1 saturated carbocycles. The third kappa shape index (κ3) is 3.94. The molecule has 1 aliphatic heterocycles. The van der Waals surface area contributed by atoms with Crippen molar-refractivity contribution in [3.8, 4) is 0 Å². The number of benzene rings is 1. The second-order valence-electron chi connectivity index (χ2n) is 8.21. The Kier molecular flexibility index (Phi) is 5.81. The van der Waals surface area contributed by atoms with Crippen molar-refractivity contribution in [1.82, 2.24) is 15.2 Å². The summed E-state index contributed by atoms with van der Waals surface area (Å²) in [5.41, 5.74) is -0.0451. The van der Waals surface area contributed by atoms with Crippen molar-refractivity contribution in [1.29, 1.82) is 0 Å². The predicted molar refractivity (Wildman–Crippen MR) is 109 cm³/mol. The van der Waals surface area contributed by atoms with Gasteiger partial charge in [-0.05, 0) is 48.9 Å². The molecule has 6 nitrogen and oxygen atoms in total. The smallest absolute Gasteiger partial charge is 0.259 e. The molecule has 30 heavy (non-hydrogen) atoms. The number of nitrogens with zero attached hydrogens (tertiary/aromatic N) is 2. The van der Waals surface area contributed by atoms with Crippen LogP contribution in [0.4, 0.5) is 4.39 Å². The zero-order valence-corrected chi connectivity index (χ0v) is 17.0. The van der Waals surface area contributed by atoms with Crippen LogP contribution in [0.25, 0.3) is 0 Å². The Hall–Kier alpha value is -2.80. The Morgan fingerprint density at radius 3 is 2.87 bits per heavy atom. The minimum Gasteiger partial charge on any atom is -0.353 e. The van der Waals surface area contributed by atoms with Crippen molar-refractivity contribution < 1.29 is 18.7 Å². The lowest BCUT2D eigenvalue weighted by molar-refractivity contribution is -0.128. The Labute approximate surface area is 175 Å². The number of hydrogen-bond donors (Lipinski definition) is 1. The quantitative estimate of drug-likeness (QED) is 0.838. The van der Waals surface area contributed by atoms with Gasteiger partial charge in [0.15, 0.2) is 0 Å². The first kappa shape index (κ1) is 20.5. The fraction of sp³-hybridized carbons (Fsp3) is 0.435. The summed E-state index contributed by atoms with van der Waals surface area (Å²) in [4.78, 5) is 32.1. The van der Waals surface area contributed by atoms with Crippen LogP contribution in [0.2, 0.25) is 0 Å². The van der Waals surface area contributed by atoms with Gasteiger partial charge in [-0.2, -0.15) is 0 Å². The second-order valence-corrected chi connectivity index (χ2v) is 8.21. The SMILES string of the molecule is C[C@@H]1CCC[C@@]2(C1)OC[C@H](C(=O)NCc1cccnc1)N2C(=O)c1ccccc1F. The van der Waals surface area contributed by atoms with Crippen LogP contribution in [0.5, 0.6) is 0 Å². The molecule has 158 valence electrons. The van der Waals surface area contributed by atoms with E-state index in [1.807, 2.05) is 6.07 Å². The number of aromatic nitrogens is 1. The van der Waals surface area contributed by atoms with E-state index in [9.17, 15) is 14.0 Å². The van der Waals surface area contributed by atoms with E-state index in [-0.39, 0.29) is 18.1 Å². The van der Waals surface area contributed by atoms with Crippen LogP contribution < -0.4 is 5.32 Å². The van der Waals surface area contributed by atoms with Crippen LogP contribution in [-0.4, -0.2) is 40.1 Å². The molecule has 0 unspecified atom stereocenters. The summed E-state index contributed by atoms with van der Waals surface area (Å²) in [7, 11) is 0. The Bertz CT molecular complexity index is 923. The molecule has 1 saturated heterocycles. The molecule has 0 bridgehead atoms. The number of pyridine rings is 1. The third-order valence-corrected chi connectivity index (χ3v) is 6.01. The van der Waals surface area contributed by atoms with Gasteiger partial charge in [0, 0.05) is 18.9 Å². The van der Waals surface area contributed by atoms with Gasteiger partial charge < -0.3 is 10.1 Å². The summed E-state index contributed by atoms with van der Waals surface area (Å²) in [6.07, 6.45) is 6.57. The number of ether oxygens (including phenoxy) is 1. The molecule has 2 fully saturated rings. The monoisotopic (exact) mass is 411 g/mol. The highest BCUT2D eigenvalue weighted by molar-refractivity contribution is 5.98. The molecular formula is C23H26FN3O3. The zero-order valence-electron chi connectivity index (χ0n) is 17.0. The largest absolute Gasteiger partial charge is 0.353 e. The Balaban J connectivity index is 1.61. The van der Waals surface area contributed by atoms with Gasteiger partial charge in [0.25, 0.3) is 5.91 Å². The van der Waals surface area contributed by atoms with Crippen LogP contribution in [0, 0.1) is 11.7 Å². The maximum absolute atomic E-state index is 14.4. The minimum absolute atomic E-state index is 0.0364. The highest BCUT2D eigenvalue weighted by Crippen LogP contribution is 2.43. The van der Waals surface area contributed by atoms with E-state index in [4.69, 9.17) is 4.74 Å². The molecule has 3 atom stereocenters. The van der Waals surface area contributed by atoms with Gasteiger partial charge in [0.2, 0.25) is 5.91 Å². The standard InChI is InChI=1S/C23H26FN3O3/c1-16-6-4-10-23(12-16)27(22(29)18-8-2-3-9-19(18)24)20(15-30-23)21(28)26-14-17-7-5-11-25-13-17/h2-3,5,7-9,11,13,16,20H,4,6,10,12,14-15H2,1H3,(H,26,28)/t16-,20-,23+/m1/s1. The number of nitrogens with one attached hydrogen (secondary N) is 1. The molecule has 1 spiro atoms. The van der Waals surface area contributed by atoms with E-state index in [0.29, 0.717) is 25.3 Å². The Morgan fingerprint density at radius 1 is 1.30 bits per heavy atom. The molecule has 1 aliphatic carbocycles. The van der Waals surface area contributed by atoms with E-state index in [0.717, 1.165) is 18.4 Å². The van der Waals surface area contributed by atoms with Crippen LogP contribution in [0.1, 0.15) is 48.5 Å². The van der Waals surface area contributed by atoms with E-state index < -0.39 is 23.5 Å². The lowest BCUT2D eigenvalue weighted by Crippen LogP contribution is -2.57. The maximum Gasteiger partial charge on any atom is 0.259 e. The summed E-state index contributed by atoms with van der Waals surface area (Å²) < 4.78 is 20.6. The summed E-state index contributed by atoms with van der Waals surface area (Å²) in [6.45, 7) is 2.52. The first-order chi connectivity index (χ1) is 14.5. The lowest BCUT2D eigenvalue weighted by Gasteiger charge is -2.43. The first-order valence-corrected chi connectivity index (χ1v) is 10.4. The average Bonchev–Trinajstić information content (AvgIpc) is 3.10. The van der Waals surface area contributed by atoms with E-state index >= 15 is 0 Å². The third-order valence-electron chi connectivity index (χ3n) is 6.01. The number of carbonyl (C=O) groups is 2. The number of amides is 2. The number of hydrogen-bond acceptors (Lipinski definition) is 4. The molecule has 2 aliphatic rings. The fourth-order valence-electron chi connectivity index (χ4n) is 4.58. The first-order valence-electron chi connectivity index (χ1n) is 10.4. The number of rotatable bonds is 4. The van der Waals surface area contributed by atoms with Gasteiger partial charge in [-0.1, -0.05) is 31.5 Å². The molecule has 0 radical (unpaired) electrons. The van der Waals surface area contributed by atoms with Gasteiger partial charge in [0.05, 0.1) is 12.2 Å². The van der Waals surface area contributed by atoms with Gasteiger partial charge in [-0.15, -0.1) is 0 Å². The van der Waals surface area contributed by atoms with Gasteiger partial charge in [-0.25, -0.2) is 4.39 Å². The Morgan fingerprint density at radius 2 is 2.13 bits per heavy atom. The van der Waals surface area contributed by atoms with Gasteiger partial charge in [-0.3, -0.25) is 19.5 Å². The van der Waals surface area contributed by atoms with E-state index in [2.05, 4.69) is 17.2 Å². The summed E-state index contributed by atoms with van der Waals surface area (Å²) >= 11 is 0. The van der Waals surface area contributed by atoms with Gasteiger partial charge in [0.1, 0.15) is 17.6 Å². The predicted octanol–water partition coefficient (Wildman–Crippen LogP) is 3.28. The highest BCUT2D eigenvalue weighted by Gasteiger charge is 2.54. The van der Waals surface area contributed by atoms with Crippen molar-refractivity contribution in [3.63, 3.8) is 0 Å². The molecular weight excluding hydrogens is 385 g/mol. The topological polar surface area (TPSA) is 71.5 Å². The summed E-state index contributed by atoms with van der Waals surface area (Å²) in [5.74, 6) is -1.05. The highest BCUT2D eigenvalue weighted by atomic mass is 19.1. The minimum atomic E-state index is -0.868. The molecule has 2 heterocycles. The molecule has 1 aromatic heterocycles. The number of halogens is 1. The fourth-order valence-corrected chi connectivity index (χ4v) is 4.58. The summed E-state index contributed by atoms with van der Waals surface area (Å²) in [5, 5.41) is 2.88. The average molecular weight is 411 g/mol. The maximum atomic E-state index is 14.4. The van der Waals surface area contributed by atoms with Crippen LogP contribution >= 0.6 is 0 Å².